The molecule has 0 amide bonds. The van der Waals surface area contributed by atoms with Crippen molar-refractivity contribution >= 4 is 5.95 Å². The normalized spacial score (nSPS) is 11.0. The van der Waals surface area contributed by atoms with Gasteiger partial charge in [0.1, 0.15) is 0 Å². The molecule has 1 aromatic carbocycles. The number of nitrogens with zero attached hydrogens (tertiary/aromatic N) is 3. The summed E-state index contributed by atoms with van der Waals surface area (Å²) in [5, 5.41) is 3.25. The van der Waals surface area contributed by atoms with Gasteiger partial charge < -0.3 is 5.32 Å². The highest BCUT2D eigenvalue weighted by Gasteiger charge is 2.09. The zero-order valence-corrected chi connectivity index (χ0v) is 12.9. The van der Waals surface area contributed by atoms with Crippen LogP contribution in [0, 0.1) is 0 Å². The van der Waals surface area contributed by atoms with Crippen LogP contribution >= 0.6 is 0 Å². The molecule has 0 aliphatic rings. The molecule has 0 aliphatic carbocycles. The van der Waals surface area contributed by atoms with Crippen LogP contribution in [0.5, 0.6) is 0 Å². The number of aromatic nitrogens is 2. The summed E-state index contributed by atoms with van der Waals surface area (Å²) >= 11 is 0. The third-order valence-corrected chi connectivity index (χ3v) is 3.43. The average molecular weight is 284 g/mol. The Morgan fingerprint density at radius 1 is 1.05 bits per heavy atom. The molecule has 0 spiro atoms. The van der Waals surface area contributed by atoms with Crippen LogP contribution in [-0.2, 0) is 6.54 Å². The predicted molar refractivity (Wildman–Crippen MR) is 87.1 cm³/mol. The molecule has 2 rings (SSSR count). The molecule has 21 heavy (non-hydrogen) atoms. The van der Waals surface area contributed by atoms with Crippen molar-refractivity contribution in [2.75, 3.05) is 18.4 Å². The minimum absolute atomic E-state index is 0.540. The van der Waals surface area contributed by atoms with Crippen LogP contribution < -0.4 is 5.32 Å². The molecule has 4 nitrogen and oxygen atoms in total. The second-order valence-electron chi connectivity index (χ2n) is 5.40. The summed E-state index contributed by atoms with van der Waals surface area (Å²) in [6, 6.07) is 13.0. The summed E-state index contributed by atoms with van der Waals surface area (Å²) < 4.78 is 0. The second-order valence-corrected chi connectivity index (χ2v) is 5.40. The van der Waals surface area contributed by atoms with Crippen LogP contribution in [0.25, 0.3) is 0 Å². The molecule has 0 atom stereocenters. The van der Waals surface area contributed by atoms with Gasteiger partial charge in [0.25, 0.3) is 0 Å². The third kappa shape index (κ3) is 5.52. The largest absolute Gasteiger partial charge is 0.354 e. The predicted octanol–water partition coefficient (Wildman–Crippen LogP) is 3.19. The van der Waals surface area contributed by atoms with Gasteiger partial charge in [-0.15, -0.1) is 0 Å². The van der Waals surface area contributed by atoms with E-state index < -0.39 is 0 Å². The molecule has 2 aromatic rings. The van der Waals surface area contributed by atoms with Crippen LogP contribution in [0.15, 0.2) is 48.8 Å². The van der Waals surface area contributed by atoms with Gasteiger partial charge in [-0.3, -0.25) is 4.90 Å². The summed E-state index contributed by atoms with van der Waals surface area (Å²) in [5.41, 5.74) is 1.37. The van der Waals surface area contributed by atoms with Crippen LogP contribution in [-0.4, -0.2) is 34.0 Å². The minimum Gasteiger partial charge on any atom is -0.354 e. The van der Waals surface area contributed by atoms with E-state index >= 15 is 0 Å². The summed E-state index contributed by atoms with van der Waals surface area (Å²) in [5.74, 6) is 0.705. The third-order valence-electron chi connectivity index (χ3n) is 3.43. The van der Waals surface area contributed by atoms with E-state index in [4.69, 9.17) is 0 Å². The number of hydrogen-bond acceptors (Lipinski definition) is 4. The number of rotatable bonds is 8. The van der Waals surface area contributed by atoms with Gasteiger partial charge in [0.2, 0.25) is 5.95 Å². The smallest absolute Gasteiger partial charge is 0.222 e. The fraction of sp³-hybridized carbons (Fsp3) is 0.412. The monoisotopic (exact) mass is 284 g/mol. The van der Waals surface area contributed by atoms with Crippen LogP contribution in [0.4, 0.5) is 5.95 Å². The van der Waals surface area contributed by atoms with Gasteiger partial charge in [0, 0.05) is 38.1 Å². The Labute approximate surface area is 127 Å². The molecule has 0 bridgehead atoms. The lowest BCUT2D eigenvalue weighted by Crippen LogP contribution is -2.32. The summed E-state index contributed by atoms with van der Waals surface area (Å²) in [7, 11) is 0. The highest BCUT2D eigenvalue weighted by atomic mass is 15.1. The quantitative estimate of drug-likeness (QED) is 0.756. The van der Waals surface area contributed by atoms with E-state index in [9.17, 15) is 0 Å². The van der Waals surface area contributed by atoms with Crippen molar-refractivity contribution < 1.29 is 0 Å². The minimum atomic E-state index is 0.540. The molecule has 0 saturated carbocycles. The molecule has 0 unspecified atom stereocenters. The lowest BCUT2D eigenvalue weighted by molar-refractivity contribution is 0.212. The lowest BCUT2D eigenvalue weighted by atomic mass is 10.2. The molecule has 1 N–H and O–H groups in total. The molecule has 4 heteroatoms. The molecular formula is C17H24N4. The Morgan fingerprint density at radius 3 is 2.43 bits per heavy atom. The molecule has 0 saturated heterocycles. The Hall–Kier alpha value is -1.94. The maximum atomic E-state index is 4.16. The van der Waals surface area contributed by atoms with Gasteiger partial charge in [0.05, 0.1) is 0 Å². The van der Waals surface area contributed by atoms with Gasteiger partial charge >= 0.3 is 0 Å². The van der Waals surface area contributed by atoms with Gasteiger partial charge in [-0.1, -0.05) is 30.3 Å². The fourth-order valence-electron chi connectivity index (χ4n) is 2.21. The van der Waals surface area contributed by atoms with Gasteiger partial charge in [-0.05, 0) is 31.9 Å². The van der Waals surface area contributed by atoms with Crippen molar-refractivity contribution in [3.63, 3.8) is 0 Å². The van der Waals surface area contributed by atoms with E-state index in [1.807, 2.05) is 6.07 Å². The molecule has 112 valence electrons. The highest BCUT2D eigenvalue weighted by molar-refractivity contribution is 5.21. The standard InChI is InChI=1S/C17H24N4/c1-15(2)21(14-16-8-4-3-5-9-16)13-7-12-20-17-18-10-6-11-19-17/h3-6,8-11,15H,7,12-14H2,1-2H3,(H,18,19,20). The Kier molecular flexibility index (Phi) is 6.16. The Morgan fingerprint density at radius 2 is 1.76 bits per heavy atom. The number of hydrogen-bond donors (Lipinski definition) is 1. The van der Waals surface area contributed by atoms with E-state index in [1.165, 1.54) is 5.56 Å². The van der Waals surface area contributed by atoms with Crippen molar-refractivity contribution in [2.24, 2.45) is 0 Å². The SMILES string of the molecule is CC(C)N(CCCNc1ncccn1)Cc1ccccc1. The van der Waals surface area contributed by atoms with Crippen LogP contribution in [0.1, 0.15) is 25.8 Å². The second kappa shape index (κ2) is 8.37. The molecule has 1 aromatic heterocycles. The Balaban J connectivity index is 1.75. The zero-order chi connectivity index (χ0) is 14.9. The van der Waals surface area contributed by atoms with Crippen LogP contribution in [0.3, 0.4) is 0 Å². The zero-order valence-electron chi connectivity index (χ0n) is 12.9. The average Bonchev–Trinajstić information content (AvgIpc) is 2.52. The molecule has 0 aliphatic heterocycles. The maximum absolute atomic E-state index is 4.16. The van der Waals surface area contributed by atoms with E-state index in [-0.39, 0.29) is 0 Å². The van der Waals surface area contributed by atoms with E-state index in [1.54, 1.807) is 12.4 Å². The highest BCUT2D eigenvalue weighted by Crippen LogP contribution is 2.08. The number of anilines is 1. The van der Waals surface area contributed by atoms with E-state index in [0.29, 0.717) is 12.0 Å². The van der Waals surface area contributed by atoms with Crippen molar-refractivity contribution in [3.05, 3.63) is 54.4 Å². The fourth-order valence-corrected chi connectivity index (χ4v) is 2.21. The first-order valence-corrected chi connectivity index (χ1v) is 7.54. The van der Waals surface area contributed by atoms with E-state index in [2.05, 4.69) is 64.4 Å². The summed E-state index contributed by atoms with van der Waals surface area (Å²) in [6.45, 7) is 7.45. The Bertz CT molecular complexity index is 499. The number of benzene rings is 1. The van der Waals surface area contributed by atoms with Gasteiger partial charge in [-0.25, -0.2) is 9.97 Å². The maximum Gasteiger partial charge on any atom is 0.222 e. The number of nitrogens with one attached hydrogen (secondary N) is 1. The van der Waals surface area contributed by atoms with Crippen LogP contribution in [0.2, 0.25) is 0 Å². The van der Waals surface area contributed by atoms with Crippen molar-refractivity contribution in [3.8, 4) is 0 Å². The van der Waals surface area contributed by atoms with Crippen molar-refractivity contribution in [1.29, 1.82) is 0 Å². The topological polar surface area (TPSA) is 41.0 Å². The molecular weight excluding hydrogens is 260 g/mol. The first-order valence-electron chi connectivity index (χ1n) is 7.54. The molecule has 0 fully saturated rings. The van der Waals surface area contributed by atoms with E-state index in [0.717, 1.165) is 26.1 Å². The van der Waals surface area contributed by atoms with Gasteiger partial charge in [0.15, 0.2) is 0 Å². The summed E-state index contributed by atoms with van der Waals surface area (Å²) in [4.78, 5) is 10.8. The first kappa shape index (κ1) is 15.4. The molecule has 0 radical (unpaired) electrons. The van der Waals surface area contributed by atoms with Crippen molar-refractivity contribution in [2.45, 2.75) is 32.9 Å². The lowest BCUT2D eigenvalue weighted by Gasteiger charge is -2.26. The van der Waals surface area contributed by atoms with Gasteiger partial charge in [-0.2, -0.15) is 0 Å². The summed E-state index contributed by atoms with van der Waals surface area (Å²) in [6.07, 6.45) is 4.58. The first-order chi connectivity index (χ1) is 10.3. The molecule has 1 heterocycles. The van der Waals surface area contributed by atoms with Crippen molar-refractivity contribution in [1.82, 2.24) is 14.9 Å².